The summed E-state index contributed by atoms with van der Waals surface area (Å²) in [6, 6.07) is 0. The average Bonchev–Trinajstić information content (AvgIpc) is 2.89. The van der Waals surface area contributed by atoms with Gasteiger partial charge in [-0.15, -0.1) is 0 Å². The summed E-state index contributed by atoms with van der Waals surface area (Å²) < 4.78 is 2.04. The molecule has 4 heteroatoms. The van der Waals surface area contributed by atoms with Crippen molar-refractivity contribution in [2.45, 2.75) is 46.3 Å². The summed E-state index contributed by atoms with van der Waals surface area (Å²) in [6.45, 7) is 8.77. The molecule has 0 unspecified atom stereocenters. The Hall–Kier alpha value is -0.870. The van der Waals surface area contributed by atoms with Crippen molar-refractivity contribution in [3.63, 3.8) is 0 Å². The minimum absolute atomic E-state index is 0.101. The lowest BCUT2D eigenvalue weighted by Crippen LogP contribution is -2.21. The first kappa shape index (κ1) is 12.6. The number of rotatable bonds is 5. The van der Waals surface area contributed by atoms with E-state index in [2.05, 4.69) is 10.00 Å². The van der Waals surface area contributed by atoms with Gasteiger partial charge in [-0.05, 0) is 52.7 Å². The molecule has 0 amide bonds. The van der Waals surface area contributed by atoms with Crippen LogP contribution in [0, 0.1) is 13.8 Å². The van der Waals surface area contributed by atoms with Gasteiger partial charge in [-0.25, -0.2) is 0 Å². The van der Waals surface area contributed by atoms with Gasteiger partial charge in [0.05, 0.1) is 12.3 Å². The largest absolute Gasteiger partial charge is 0.392 e. The number of nitrogens with zero attached hydrogens (tertiary/aromatic N) is 3. The Morgan fingerprint density at radius 1 is 1.18 bits per heavy atom. The molecule has 0 aliphatic carbocycles. The molecule has 0 radical (unpaired) electrons. The summed E-state index contributed by atoms with van der Waals surface area (Å²) in [4.78, 5) is 2.53. The fraction of sp³-hybridized carbons (Fsp3) is 0.769. The minimum atomic E-state index is 0.101. The molecule has 1 fully saturated rings. The summed E-state index contributed by atoms with van der Waals surface area (Å²) in [5.41, 5.74) is 3.07. The van der Waals surface area contributed by atoms with E-state index >= 15 is 0 Å². The first-order valence-corrected chi connectivity index (χ1v) is 6.58. The van der Waals surface area contributed by atoms with Crippen LogP contribution in [0.4, 0.5) is 0 Å². The quantitative estimate of drug-likeness (QED) is 0.843. The first-order valence-electron chi connectivity index (χ1n) is 6.58. The third-order valence-electron chi connectivity index (χ3n) is 3.73. The molecule has 1 aliphatic rings. The Kier molecular flexibility index (Phi) is 4.18. The number of hydrogen-bond donors (Lipinski definition) is 1. The molecule has 1 aromatic rings. The highest BCUT2D eigenvalue weighted by Gasteiger charge is 2.12. The second-order valence-electron chi connectivity index (χ2n) is 4.93. The van der Waals surface area contributed by atoms with Crippen molar-refractivity contribution in [3.05, 3.63) is 17.0 Å². The number of hydrogen-bond acceptors (Lipinski definition) is 3. The number of likely N-dealkylation sites (tertiary alicyclic amines) is 1. The van der Waals surface area contributed by atoms with Crippen LogP contribution in [0.2, 0.25) is 0 Å². The molecule has 2 rings (SSSR count). The molecular formula is C13H23N3O. The smallest absolute Gasteiger partial charge is 0.0718 e. The van der Waals surface area contributed by atoms with Crippen LogP contribution < -0.4 is 0 Å². The van der Waals surface area contributed by atoms with E-state index in [4.69, 9.17) is 0 Å². The zero-order chi connectivity index (χ0) is 12.3. The summed E-state index contributed by atoms with van der Waals surface area (Å²) in [5.74, 6) is 0. The molecule has 17 heavy (non-hydrogen) atoms. The molecule has 4 nitrogen and oxygen atoms in total. The molecule has 0 aromatic carbocycles. The van der Waals surface area contributed by atoms with Crippen LogP contribution in [0.1, 0.15) is 36.2 Å². The van der Waals surface area contributed by atoms with Crippen molar-refractivity contribution in [2.24, 2.45) is 0 Å². The van der Waals surface area contributed by atoms with Crippen LogP contribution in [0.3, 0.4) is 0 Å². The van der Waals surface area contributed by atoms with Gasteiger partial charge in [0.15, 0.2) is 0 Å². The van der Waals surface area contributed by atoms with Gasteiger partial charge >= 0.3 is 0 Å². The first-order chi connectivity index (χ1) is 8.22. The monoisotopic (exact) mass is 237 g/mol. The fourth-order valence-electron chi connectivity index (χ4n) is 2.63. The predicted octanol–water partition coefficient (Wildman–Crippen LogP) is 1.48. The van der Waals surface area contributed by atoms with E-state index < -0.39 is 0 Å². The van der Waals surface area contributed by atoms with Crippen LogP contribution in [-0.2, 0) is 13.2 Å². The second kappa shape index (κ2) is 5.65. The maximum absolute atomic E-state index is 9.25. The molecule has 96 valence electrons. The highest BCUT2D eigenvalue weighted by Crippen LogP contribution is 2.14. The van der Waals surface area contributed by atoms with Gasteiger partial charge in [-0.3, -0.25) is 4.68 Å². The zero-order valence-corrected chi connectivity index (χ0v) is 10.9. The highest BCUT2D eigenvalue weighted by atomic mass is 16.3. The molecule has 0 bridgehead atoms. The Balaban J connectivity index is 1.86. The number of aliphatic hydroxyl groups is 1. The van der Waals surface area contributed by atoms with Crippen LogP contribution in [0.5, 0.6) is 0 Å². The standard InChI is InChI=1S/C13H23N3O/c1-11-13(10-17)12(2)16(14-11)9-5-8-15-6-3-4-7-15/h17H,3-10H2,1-2H3. The molecule has 1 N–H and O–H groups in total. The Morgan fingerprint density at radius 3 is 2.47 bits per heavy atom. The SMILES string of the molecule is Cc1nn(CCCN2CCCC2)c(C)c1CO. The number of aromatic nitrogens is 2. The van der Waals surface area contributed by atoms with Crippen molar-refractivity contribution >= 4 is 0 Å². The lowest BCUT2D eigenvalue weighted by atomic mass is 10.2. The lowest BCUT2D eigenvalue weighted by Gasteiger charge is -2.14. The highest BCUT2D eigenvalue weighted by molar-refractivity contribution is 5.23. The van der Waals surface area contributed by atoms with Crippen molar-refractivity contribution in [2.75, 3.05) is 19.6 Å². The van der Waals surface area contributed by atoms with Crippen molar-refractivity contribution < 1.29 is 5.11 Å². The average molecular weight is 237 g/mol. The van der Waals surface area contributed by atoms with Gasteiger partial charge in [0.25, 0.3) is 0 Å². The molecular weight excluding hydrogens is 214 g/mol. The van der Waals surface area contributed by atoms with Gasteiger partial charge in [-0.2, -0.15) is 5.10 Å². The molecule has 1 aromatic heterocycles. The van der Waals surface area contributed by atoms with E-state index in [-0.39, 0.29) is 6.61 Å². The van der Waals surface area contributed by atoms with Gasteiger partial charge in [0.2, 0.25) is 0 Å². The minimum Gasteiger partial charge on any atom is -0.392 e. The van der Waals surface area contributed by atoms with Crippen LogP contribution >= 0.6 is 0 Å². The molecule has 0 atom stereocenters. The second-order valence-corrected chi connectivity index (χ2v) is 4.93. The normalized spacial score (nSPS) is 16.9. The Morgan fingerprint density at radius 2 is 1.88 bits per heavy atom. The summed E-state index contributed by atoms with van der Waals surface area (Å²) >= 11 is 0. The number of aryl methyl sites for hydroxylation is 2. The van der Waals surface area contributed by atoms with Crippen LogP contribution in [0.25, 0.3) is 0 Å². The van der Waals surface area contributed by atoms with E-state index in [1.165, 1.54) is 32.5 Å². The van der Waals surface area contributed by atoms with Crippen molar-refractivity contribution in [1.82, 2.24) is 14.7 Å². The van der Waals surface area contributed by atoms with E-state index in [0.717, 1.165) is 29.9 Å². The Bertz CT molecular complexity index is 367. The summed E-state index contributed by atoms with van der Waals surface area (Å²) in [7, 11) is 0. The maximum Gasteiger partial charge on any atom is 0.0718 e. The van der Waals surface area contributed by atoms with E-state index in [1.54, 1.807) is 0 Å². The zero-order valence-electron chi connectivity index (χ0n) is 10.9. The maximum atomic E-state index is 9.25. The van der Waals surface area contributed by atoms with Gasteiger partial charge in [0.1, 0.15) is 0 Å². The van der Waals surface area contributed by atoms with Gasteiger partial charge in [0, 0.05) is 17.8 Å². The molecule has 1 aliphatic heterocycles. The van der Waals surface area contributed by atoms with Gasteiger partial charge in [-0.1, -0.05) is 0 Å². The summed E-state index contributed by atoms with van der Waals surface area (Å²) in [6.07, 6.45) is 3.86. The van der Waals surface area contributed by atoms with Crippen molar-refractivity contribution in [1.29, 1.82) is 0 Å². The molecule has 0 spiro atoms. The van der Waals surface area contributed by atoms with E-state index in [0.29, 0.717) is 0 Å². The van der Waals surface area contributed by atoms with E-state index in [1.807, 2.05) is 18.5 Å². The Labute approximate surface area is 103 Å². The molecule has 1 saturated heterocycles. The number of aliphatic hydroxyl groups excluding tert-OH is 1. The lowest BCUT2D eigenvalue weighted by molar-refractivity contribution is 0.280. The molecule has 2 heterocycles. The predicted molar refractivity (Wildman–Crippen MR) is 67.9 cm³/mol. The summed E-state index contributed by atoms with van der Waals surface area (Å²) in [5, 5.41) is 13.7. The third kappa shape index (κ3) is 2.87. The van der Waals surface area contributed by atoms with Crippen LogP contribution in [-0.4, -0.2) is 39.4 Å². The third-order valence-corrected chi connectivity index (χ3v) is 3.73. The van der Waals surface area contributed by atoms with Gasteiger partial charge < -0.3 is 10.0 Å². The fourth-order valence-corrected chi connectivity index (χ4v) is 2.63. The topological polar surface area (TPSA) is 41.3 Å². The van der Waals surface area contributed by atoms with Crippen LogP contribution in [0.15, 0.2) is 0 Å². The van der Waals surface area contributed by atoms with Crippen molar-refractivity contribution in [3.8, 4) is 0 Å². The van der Waals surface area contributed by atoms with E-state index in [9.17, 15) is 5.11 Å². The molecule has 0 saturated carbocycles.